The van der Waals surface area contributed by atoms with Gasteiger partial charge in [-0.1, -0.05) is 18.2 Å². The van der Waals surface area contributed by atoms with Crippen molar-refractivity contribution in [3.63, 3.8) is 0 Å². The van der Waals surface area contributed by atoms with E-state index >= 15 is 0 Å². The molecule has 1 amide bonds. The van der Waals surface area contributed by atoms with Crippen LogP contribution >= 0.6 is 11.3 Å². The number of nitro groups is 1. The molecule has 140 valence electrons. The first-order chi connectivity index (χ1) is 13.3. The maximum absolute atomic E-state index is 12.7. The Bertz CT molecular complexity index is 1280. The molecule has 7 nitrogen and oxygen atoms in total. The maximum Gasteiger partial charge on any atom is 0.271 e. The summed E-state index contributed by atoms with van der Waals surface area (Å²) < 4.78 is 0. The number of nitro benzene ring substituents is 1. The Balaban J connectivity index is 1.77. The van der Waals surface area contributed by atoms with Gasteiger partial charge in [-0.3, -0.25) is 14.9 Å². The van der Waals surface area contributed by atoms with Gasteiger partial charge in [0.2, 0.25) is 0 Å². The van der Waals surface area contributed by atoms with E-state index in [0.29, 0.717) is 21.1 Å². The van der Waals surface area contributed by atoms with E-state index in [-0.39, 0.29) is 5.69 Å². The number of nitrogens with one attached hydrogen (secondary N) is 1. The van der Waals surface area contributed by atoms with E-state index in [1.807, 2.05) is 32.0 Å². The fourth-order valence-electron chi connectivity index (χ4n) is 3.11. The van der Waals surface area contributed by atoms with Gasteiger partial charge in [-0.05, 0) is 37.1 Å². The van der Waals surface area contributed by atoms with Crippen LogP contribution in [0.25, 0.3) is 21.1 Å². The fourth-order valence-corrected chi connectivity index (χ4v) is 4.09. The zero-order valence-electron chi connectivity index (χ0n) is 15.1. The summed E-state index contributed by atoms with van der Waals surface area (Å²) in [6, 6.07) is 11.8. The molecule has 4 aromatic rings. The Labute approximate surface area is 164 Å². The zero-order chi connectivity index (χ0) is 20.0. The lowest BCUT2D eigenvalue weighted by atomic mass is 10.0. The predicted octanol–water partition coefficient (Wildman–Crippen LogP) is 4.81. The van der Waals surface area contributed by atoms with E-state index in [1.54, 1.807) is 6.07 Å². The summed E-state index contributed by atoms with van der Waals surface area (Å²) >= 11 is 1.21. The number of fused-ring (bicyclic) bond motifs is 2. The molecule has 2 aromatic heterocycles. The topological polar surface area (TPSA) is 111 Å². The summed E-state index contributed by atoms with van der Waals surface area (Å²) in [5.41, 5.74) is 9.88. The minimum absolute atomic E-state index is 0.0963. The van der Waals surface area contributed by atoms with Gasteiger partial charge in [-0.25, -0.2) is 4.98 Å². The highest BCUT2D eigenvalue weighted by Gasteiger charge is 2.19. The molecule has 0 radical (unpaired) electrons. The number of carbonyl (C=O) groups is 1. The van der Waals surface area contributed by atoms with Crippen molar-refractivity contribution in [2.45, 2.75) is 13.8 Å². The van der Waals surface area contributed by atoms with E-state index in [9.17, 15) is 14.9 Å². The first-order valence-electron chi connectivity index (χ1n) is 8.50. The number of pyridine rings is 1. The predicted molar refractivity (Wildman–Crippen MR) is 112 cm³/mol. The van der Waals surface area contributed by atoms with Crippen LogP contribution in [0.15, 0.2) is 42.5 Å². The number of hydrogen-bond donors (Lipinski definition) is 2. The molecule has 0 aliphatic carbocycles. The number of non-ortho nitro benzene ring substituents is 1. The second-order valence-electron chi connectivity index (χ2n) is 6.54. The molecule has 3 N–H and O–H groups in total. The van der Waals surface area contributed by atoms with Crippen LogP contribution in [0.2, 0.25) is 0 Å². The number of amides is 1. The number of anilines is 2. The average molecular weight is 392 g/mol. The molecule has 0 aliphatic rings. The van der Waals surface area contributed by atoms with Crippen molar-refractivity contribution < 1.29 is 9.72 Å². The third-order valence-corrected chi connectivity index (χ3v) is 5.74. The first-order valence-corrected chi connectivity index (χ1v) is 9.31. The molecular formula is C20H16N4O3S. The number of benzene rings is 2. The third-order valence-electron chi connectivity index (χ3n) is 4.62. The number of aromatic nitrogens is 1. The van der Waals surface area contributed by atoms with E-state index in [1.165, 1.54) is 29.5 Å². The highest BCUT2D eigenvalue weighted by molar-refractivity contribution is 7.21. The van der Waals surface area contributed by atoms with Gasteiger partial charge in [-0.2, -0.15) is 0 Å². The largest absolute Gasteiger partial charge is 0.397 e. The third kappa shape index (κ3) is 2.93. The molecule has 0 spiro atoms. The van der Waals surface area contributed by atoms with Gasteiger partial charge in [0.05, 0.1) is 16.1 Å². The van der Waals surface area contributed by atoms with Gasteiger partial charge in [0.1, 0.15) is 9.71 Å². The van der Waals surface area contributed by atoms with Crippen LogP contribution in [0.1, 0.15) is 20.8 Å². The number of nitrogens with two attached hydrogens (primary N) is 1. The molecule has 28 heavy (non-hydrogen) atoms. The number of thiophene rings is 1. The highest BCUT2D eigenvalue weighted by atomic mass is 32.1. The lowest BCUT2D eigenvalue weighted by Crippen LogP contribution is -2.12. The minimum atomic E-state index is -0.510. The smallest absolute Gasteiger partial charge is 0.271 e. The number of nitrogen functional groups attached to an aromatic ring is 1. The molecular weight excluding hydrogens is 376 g/mol. The van der Waals surface area contributed by atoms with Crippen molar-refractivity contribution >= 4 is 55.4 Å². The van der Waals surface area contributed by atoms with Crippen LogP contribution in [0, 0.1) is 24.0 Å². The van der Waals surface area contributed by atoms with E-state index in [0.717, 1.165) is 27.4 Å². The molecule has 4 rings (SSSR count). The second-order valence-corrected chi connectivity index (χ2v) is 7.54. The Hall–Kier alpha value is -3.52. The van der Waals surface area contributed by atoms with E-state index in [2.05, 4.69) is 5.32 Å². The molecule has 0 saturated carbocycles. The zero-order valence-corrected chi connectivity index (χ0v) is 16.0. The molecule has 8 heteroatoms. The summed E-state index contributed by atoms with van der Waals surface area (Å²) in [5, 5.41) is 15.3. The van der Waals surface area contributed by atoms with Crippen LogP contribution in [-0.4, -0.2) is 15.8 Å². The summed E-state index contributed by atoms with van der Waals surface area (Å²) in [6.45, 7) is 4.00. The Morgan fingerprint density at radius 2 is 1.89 bits per heavy atom. The lowest BCUT2D eigenvalue weighted by Gasteiger charge is -2.05. The van der Waals surface area contributed by atoms with E-state index < -0.39 is 10.8 Å². The number of carbonyl (C=O) groups excluding carboxylic acids is 1. The van der Waals surface area contributed by atoms with Gasteiger partial charge < -0.3 is 11.1 Å². The number of rotatable bonds is 3. The van der Waals surface area contributed by atoms with E-state index in [4.69, 9.17) is 10.7 Å². The lowest BCUT2D eigenvalue weighted by molar-refractivity contribution is -0.384. The molecule has 0 aliphatic heterocycles. The number of nitrogens with zero attached hydrogens (tertiary/aromatic N) is 2. The van der Waals surface area contributed by atoms with Gasteiger partial charge in [0.15, 0.2) is 0 Å². The van der Waals surface area contributed by atoms with Crippen LogP contribution in [0.5, 0.6) is 0 Å². The second kappa shape index (κ2) is 6.58. The van der Waals surface area contributed by atoms with Crippen molar-refractivity contribution in [3.8, 4) is 0 Å². The Morgan fingerprint density at radius 3 is 2.64 bits per heavy atom. The average Bonchev–Trinajstić information content (AvgIpc) is 3.00. The first kappa shape index (κ1) is 17.9. The molecule has 0 atom stereocenters. The van der Waals surface area contributed by atoms with Gasteiger partial charge >= 0.3 is 0 Å². The molecule has 0 unspecified atom stereocenters. The Kier molecular flexibility index (Phi) is 4.20. The van der Waals surface area contributed by atoms with Crippen LogP contribution in [0.3, 0.4) is 0 Å². The molecule has 2 heterocycles. The summed E-state index contributed by atoms with van der Waals surface area (Å²) in [7, 11) is 0. The summed E-state index contributed by atoms with van der Waals surface area (Å²) in [4.78, 5) is 28.9. The summed E-state index contributed by atoms with van der Waals surface area (Å²) in [6.07, 6.45) is 0. The van der Waals surface area contributed by atoms with Crippen molar-refractivity contribution in [2.75, 3.05) is 11.1 Å². The molecule has 0 bridgehead atoms. The highest BCUT2D eigenvalue weighted by Crippen LogP contribution is 2.36. The van der Waals surface area contributed by atoms with Crippen LogP contribution < -0.4 is 11.1 Å². The maximum atomic E-state index is 12.7. The van der Waals surface area contributed by atoms with Gasteiger partial charge in [0, 0.05) is 28.6 Å². The van der Waals surface area contributed by atoms with Crippen molar-refractivity contribution in [1.82, 2.24) is 4.98 Å². The standard InChI is InChI=1S/C20H16N4O3S/c1-10-6-7-11(2)17-14(10)9-15-16(21)18(28-20(15)23-17)19(25)22-12-4-3-5-13(8-12)24(26)27/h3-9H,21H2,1-2H3,(H,22,25). The van der Waals surface area contributed by atoms with Crippen molar-refractivity contribution in [1.29, 1.82) is 0 Å². The SMILES string of the molecule is Cc1ccc(C)c2nc3sc(C(=O)Nc4cccc([N+](=O)[O-])c4)c(N)c3cc12. The summed E-state index contributed by atoms with van der Waals surface area (Å²) in [5.74, 6) is -0.418. The number of hydrogen-bond acceptors (Lipinski definition) is 6. The molecule has 0 saturated heterocycles. The minimum Gasteiger partial charge on any atom is -0.397 e. The Morgan fingerprint density at radius 1 is 1.14 bits per heavy atom. The normalized spacial score (nSPS) is 11.1. The van der Waals surface area contributed by atoms with Crippen LogP contribution in [-0.2, 0) is 0 Å². The monoisotopic (exact) mass is 392 g/mol. The van der Waals surface area contributed by atoms with Crippen molar-refractivity contribution in [3.05, 3.63) is 68.6 Å². The fraction of sp³-hybridized carbons (Fsp3) is 0.100. The van der Waals surface area contributed by atoms with Crippen molar-refractivity contribution in [2.24, 2.45) is 0 Å². The van der Waals surface area contributed by atoms with Gasteiger partial charge in [0.25, 0.3) is 11.6 Å². The molecule has 0 fully saturated rings. The van der Waals surface area contributed by atoms with Gasteiger partial charge in [-0.15, -0.1) is 11.3 Å². The molecule has 2 aromatic carbocycles. The van der Waals surface area contributed by atoms with Crippen LogP contribution in [0.4, 0.5) is 17.1 Å². The number of aryl methyl sites for hydroxylation is 2. The quantitative estimate of drug-likeness (QED) is 0.384.